The summed E-state index contributed by atoms with van der Waals surface area (Å²) in [6.45, 7) is 4.01. The molecule has 2 aromatic rings. The molecule has 0 aliphatic carbocycles. The van der Waals surface area contributed by atoms with Crippen LogP contribution in [0.2, 0.25) is 0 Å². The maximum atomic E-state index is 5.81. The van der Waals surface area contributed by atoms with Crippen molar-refractivity contribution in [3.8, 4) is 0 Å². The highest BCUT2D eigenvalue weighted by Crippen LogP contribution is 2.19. The van der Waals surface area contributed by atoms with Crippen LogP contribution >= 0.6 is 0 Å². The van der Waals surface area contributed by atoms with Crippen molar-refractivity contribution in [1.82, 2.24) is 15.0 Å². The average Bonchev–Trinajstić information content (AvgIpc) is 2.50. The first-order valence-electron chi connectivity index (χ1n) is 7.31. The molecule has 0 atom stereocenters. The third kappa shape index (κ3) is 3.39. The first kappa shape index (κ1) is 13.6. The molecule has 0 amide bonds. The number of nitrogens with zero attached hydrogens (tertiary/aromatic N) is 4. The number of benzene rings is 1. The number of anilines is 4. The Hall–Kier alpha value is -2.37. The molecule has 1 fully saturated rings. The summed E-state index contributed by atoms with van der Waals surface area (Å²) in [4.78, 5) is 15.1. The normalized spacial score (nSPS) is 15.0. The van der Waals surface area contributed by atoms with Crippen LogP contribution in [0, 0.1) is 6.92 Å². The third-order valence-electron chi connectivity index (χ3n) is 3.59. The number of nitrogens with two attached hydrogens (primary N) is 1. The summed E-state index contributed by atoms with van der Waals surface area (Å²) in [6, 6.07) is 8.07. The van der Waals surface area contributed by atoms with E-state index in [-0.39, 0.29) is 5.95 Å². The fraction of sp³-hybridized carbons (Fsp3) is 0.400. The molecule has 2 heterocycles. The highest BCUT2D eigenvalue weighted by molar-refractivity contribution is 5.55. The quantitative estimate of drug-likeness (QED) is 0.901. The van der Waals surface area contributed by atoms with Crippen molar-refractivity contribution in [1.29, 1.82) is 0 Å². The van der Waals surface area contributed by atoms with Gasteiger partial charge in [-0.3, -0.25) is 0 Å². The van der Waals surface area contributed by atoms with Crippen LogP contribution in [-0.2, 0) is 0 Å². The van der Waals surface area contributed by atoms with Gasteiger partial charge < -0.3 is 16.0 Å². The molecule has 0 radical (unpaired) electrons. The van der Waals surface area contributed by atoms with Crippen LogP contribution < -0.4 is 16.0 Å². The number of piperidine rings is 1. The van der Waals surface area contributed by atoms with Crippen molar-refractivity contribution in [3.63, 3.8) is 0 Å². The Bertz CT molecular complexity index is 604. The van der Waals surface area contributed by atoms with E-state index in [0.29, 0.717) is 11.9 Å². The molecule has 0 saturated carbocycles. The second-order valence-electron chi connectivity index (χ2n) is 5.36. The second kappa shape index (κ2) is 5.95. The van der Waals surface area contributed by atoms with E-state index in [0.717, 1.165) is 18.8 Å². The Labute approximate surface area is 124 Å². The molecular weight excluding hydrogens is 264 g/mol. The molecule has 1 aliphatic heterocycles. The summed E-state index contributed by atoms with van der Waals surface area (Å²) in [5.41, 5.74) is 7.97. The van der Waals surface area contributed by atoms with E-state index in [1.165, 1.54) is 24.8 Å². The molecule has 3 N–H and O–H groups in total. The summed E-state index contributed by atoms with van der Waals surface area (Å²) >= 11 is 0. The van der Waals surface area contributed by atoms with E-state index in [1.807, 2.05) is 24.3 Å². The van der Waals surface area contributed by atoms with Crippen LogP contribution in [0.4, 0.5) is 23.5 Å². The predicted molar refractivity (Wildman–Crippen MR) is 84.8 cm³/mol. The number of nitrogen functional groups attached to an aromatic ring is 1. The summed E-state index contributed by atoms with van der Waals surface area (Å²) in [7, 11) is 0. The van der Waals surface area contributed by atoms with Gasteiger partial charge in [0.05, 0.1) is 0 Å². The lowest BCUT2D eigenvalue weighted by atomic mass is 10.1. The van der Waals surface area contributed by atoms with Gasteiger partial charge in [0, 0.05) is 18.8 Å². The first-order valence-corrected chi connectivity index (χ1v) is 7.31. The predicted octanol–water partition coefficient (Wildman–Crippen LogP) is 2.50. The van der Waals surface area contributed by atoms with Crippen LogP contribution in [0.1, 0.15) is 24.8 Å². The number of rotatable bonds is 3. The largest absolute Gasteiger partial charge is 0.368 e. The molecule has 110 valence electrons. The molecule has 1 saturated heterocycles. The van der Waals surface area contributed by atoms with Gasteiger partial charge in [-0.05, 0) is 38.3 Å². The van der Waals surface area contributed by atoms with Crippen LogP contribution in [-0.4, -0.2) is 28.0 Å². The highest BCUT2D eigenvalue weighted by atomic mass is 15.3. The van der Waals surface area contributed by atoms with E-state index >= 15 is 0 Å². The number of aromatic nitrogens is 3. The second-order valence-corrected chi connectivity index (χ2v) is 5.36. The van der Waals surface area contributed by atoms with Gasteiger partial charge in [-0.1, -0.05) is 17.7 Å². The molecular formula is C15H20N6. The van der Waals surface area contributed by atoms with Crippen molar-refractivity contribution < 1.29 is 0 Å². The molecule has 1 aromatic heterocycles. The summed E-state index contributed by atoms with van der Waals surface area (Å²) in [5.74, 6) is 1.41. The zero-order chi connectivity index (χ0) is 14.7. The maximum absolute atomic E-state index is 5.81. The van der Waals surface area contributed by atoms with Gasteiger partial charge >= 0.3 is 0 Å². The zero-order valence-electron chi connectivity index (χ0n) is 12.2. The highest BCUT2D eigenvalue weighted by Gasteiger charge is 2.15. The van der Waals surface area contributed by atoms with Gasteiger partial charge in [0.2, 0.25) is 17.8 Å². The minimum atomic E-state index is 0.250. The van der Waals surface area contributed by atoms with Crippen LogP contribution in [0.25, 0.3) is 0 Å². The smallest absolute Gasteiger partial charge is 0.233 e. The fourth-order valence-electron chi connectivity index (χ4n) is 2.44. The van der Waals surface area contributed by atoms with Crippen molar-refractivity contribution in [2.24, 2.45) is 0 Å². The molecule has 21 heavy (non-hydrogen) atoms. The van der Waals surface area contributed by atoms with Crippen LogP contribution in [0.5, 0.6) is 0 Å². The Balaban J connectivity index is 1.81. The average molecular weight is 284 g/mol. The Morgan fingerprint density at radius 1 is 1.00 bits per heavy atom. The van der Waals surface area contributed by atoms with Crippen molar-refractivity contribution in [3.05, 3.63) is 29.8 Å². The van der Waals surface area contributed by atoms with Gasteiger partial charge in [0.25, 0.3) is 0 Å². The van der Waals surface area contributed by atoms with Crippen LogP contribution in [0.15, 0.2) is 24.3 Å². The molecule has 3 rings (SSSR count). The van der Waals surface area contributed by atoms with Gasteiger partial charge in [-0.15, -0.1) is 0 Å². The molecule has 0 unspecified atom stereocenters. The third-order valence-corrected chi connectivity index (χ3v) is 3.59. The first-order chi connectivity index (χ1) is 10.2. The topological polar surface area (TPSA) is 80.0 Å². The van der Waals surface area contributed by atoms with Gasteiger partial charge in [0.15, 0.2) is 0 Å². The number of nitrogens with one attached hydrogen (secondary N) is 1. The molecule has 0 bridgehead atoms. The Morgan fingerprint density at radius 3 is 2.43 bits per heavy atom. The Kier molecular flexibility index (Phi) is 3.85. The summed E-state index contributed by atoms with van der Waals surface area (Å²) in [5, 5.41) is 3.18. The zero-order valence-corrected chi connectivity index (χ0v) is 12.2. The molecule has 1 aliphatic rings. The van der Waals surface area contributed by atoms with E-state index in [2.05, 4.69) is 32.1 Å². The minimum absolute atomic E-state index is 0.250. The standard InChI is InChI=1S/C15H20N6/c1-11-5-7-12(8-6-11)17-14-18-13(16)19-15(20-14)21-9-3-2-4-10-21/h5-8H,2-4,9-10H2,1H3,(H3,16,17,18,19,20). The van der Waals surface area contributed by atoms with E-state index in [4.69, 9.17) is 5.73 Å². The lowest BCUT2D eigenvalue weighted by molar-refractivity contribution is 0.568. The van der Waals surface area contributed by atoms with Crippen LogP contribution in [0.3, 0.4) is 0 Å². The lowest BCUT2D eigenvalue weighted by Crippen LogP contribution is -2.31. The monoisotopic (exact) mass is 284 g/mol. The number of aryl methyl sites for hydroxylation is 1. The molecule has 0 spiro atoms. The lowest BCUT2D eigenvalue weighted by Gasteiger charge is -2.26. The van der Waals surface area contributed by atoms with E-state index in [9.17, 15) is 0 Å². The van der Waals surface area contributed by atoms with Crippen molar-refractivity contribution in [2.45, 2.75) is 26.2 Å². The van der Waals surface area contributed by atoms with Crippen molar-refractivity contribution >= 4 is 23.5 Å². The molecule has 6 nitrogen and oxygen atoms in total. The number of hydrogen-bond acceptors (Lipinski definition) is 6. The Morgan fingerprint density at radius 2 is 1.71 bits per heavy atom. The summed E-state index contributed by atoms with van der Waals surface area (Å²) in [6.07, 6.45) is 3.62. The molecule has 6 heteroatoms. The van der Waals surface area contributed by atoms with E-state index in [1.54, 1.807) is 0 Å². The van der Waals surface area contributed by atoms with Gasteiger partial charge in [0.1, 0.15) is 0 Å². The maximum Gasteiger partial charge on any atom is 0.233 e. The SMILES string of the molecule is Cc1ccc(Nc2nc(N)nc(N3CCCCC3)n2)cc1. The van der Waals surface area contributed by atoms with Crippen molar-refractivity contribution in [2.75, 3.05) is 29.0 Å². The van der Waals surface area contributed by atoms with E-state index < -0.39 is 0 Å². The summed E-state index contributed by atoms with van der Waals surface area (Å²) < 4.78 is 0. The molecule has 1 aromatic carbocycles. The number of hydrogen-bond donors (Lipinski definition) is 2. The minimum Gasteiger partial charge on any atom is -0.368 e. The van der Waals surface area contributed by atoms with Gasteiger partial charge in [-0.25, -0.2) is 0 Å². The fourth-order valence-corrected chi connectivity index (χ4v) is 2.44. The van der Waals surface area contributed by atoms with Gasteiger partial charge in [-0.2, -0.15) is 15.0 Å².